The maximum Gasteiger partial charge on any atom is 0.224 e. The molecule has 1 amide bonds. The molecule has 1 unspecified atom stereocenters. The number of benzene rings is 1. The topological polar surface area (TPSA) is 82.4 Å². The molecule has 3 aliphatic rings. The van der Waals surface area contributed by atoms with E-state index in [0.717, 1.165) is 50.6 Å². The van der Waals surface area contributed by atoms with Gasteiger partial charge in [-0.05, 0) is 36.2 Å². The van der Waals surface area contributed by atoms with Crippen LogP contribution < -0.4 is 25.8 Å². The fraction of sp³-hybridized carbons (Fsp3) is 0.520. The Bertz CT molecular complexity index is 967. The van der Waals surface area contributed by atoms with Gasteiger partial charge in [-0.15, -0.1) is 0 Å². The van der Waals surface area contributed by atoms with Crippen LogP contribution in [0.25, 0.3) is 0 Å². The Hall–Kier alpha value is -2.64. The van der Waals surface area contributed by atoms with Crippen molar-refractivity contribution in [3.63, 3.8) is 0 Å². The van der Waals surface area contributed by atoms with Gasteiger partial charge < -0.3 is 25.8 Å². The lowest BCUT2D eigenvalue weighted by molar-refractivity contribution is -0.117. The number of rotatable bonds is 5. The molecule has 4 heterocycles. The summed E-state index contributed by atoms with van der Waals surface area (Å²) in [6, 6.07) is 11.6. The molecule has 4 atom stereocenters. The van der Waals surface area contributed by atoms with Crippen LogP contribution in [0.4, 0.5) is 17.2 Å². The van der Waals surface area contributed by atoms with Crippen molar-refractivity contribution in [1.82, 2.24) is 15.6 Å². The Kier molecular flexibility index (Phi) is 5.78. The highest BCUT2D eigenvalue weighted by atomic mass is 16.2. The number of hydrogen-bond donors (Lipinski definition) is 3. The van der Waals surface area contributed by atoms with E-state index in [4.69, 9.17) is 4.98 Å². The maximum atomic E-state index is 12.7. The molecule has 32 heavy (non-hydrogen) atoms. The average Bonchev–Trinajstić information content (AvgIpc) is 3.66. The third-order valence-corrected chi connectivity index (χ3v) is 7.21. The predicted molar refractivity (Wildman–Crippen MR) is 129 cm³/mol. The van der Waals surface area contributed by atoms with E-state index in [1.807, 2.05) is 11.1 Å². The van der Waals surface area contributed by atoms with Crippen LogP contribution in [0.1, 0.15) is 50.4 Å². The Morgan fingerprint density at radius 1 is 1.22 bits per heavy atom. The molecule has 7 heteroatoms. The van der Waals surface area contributed by atoms with Crippen molar-refractivity contribution in [2.75, 3.05) is 47.8 Å². The second-order valence-corrected chi connectivity index (χ2v) is 9.26. The van der Waals surface area contributed by atoms with Crippen LogP contribution >= 0.6 is 0 Å². The highest BCUT2D eigenvalue weighted by Gasteiger charge is 2.40. The third-order valence-electron chi connectivity index (χ3n) is 7.21. The molecule has 0 radical (unpaired) electrons. The molecule has 0 spiro atoms. The summed E-state index contributed by atoms with van der Waals surface area (Å²) in [6.45, 7) is 11.1. The number of anilines is 3. The van der Waals surface area contributed by atoms with Gasteiger partial charge in [-0.25, -0.2) is 4.98 Å². The number of hydrogen-bond acceptors (Lipinski definition) is 6. The molecular formula is C25H34N6O. The van der Waals surface area contributed by atoms with Crippen molar-refractivity contribution in [3.8, 4) is 0 Å². The van der Waals surface area contributed by atoms with E-state index < -0.39 is 0 Å². The fourth-order valence-electron chi connectivity index (χ4n) is 5.37. The minimum atomic E-state index is 0.0887. The van der Waals surface area contributed by atoms with Gasteiger partial charge in [-0.3, -0.25) is 4.79 Å². The number of piperazine rings is 1. The lowest BCUT2D eigenvalue weighted by atomic mass is 9.80. The minimum Gasteiger partial charge on any atom is -0.369 e. The Labute approximate surface area is 190 Å². The van der Waals surface area contributed by atoms with Crippen LogP contribution in [-0.4, -0.2) is 49.7 Å². The first kappa shape index (κ1) is 21.2. The molecule has 170 valence electrons. The summed E-state index contributed by atoms with van der Waals surface area (Å²) in [5, 5.41) is 10.5. The van der Waals surface area contributed by atoms with Gasteiger partial charge >= 0.3 is 0 Å². The van der Waals surface area contributed by atoms with Crippen molar-refractivity contribution in [2.24, 2.45) is 5.92 Å². The zero-order valence-corrected chi connectivity index (χ0v) is 19.3. The molecule has 1 aromatic heterocycles. The Balaban J connectivity index is 1.52. The largest absolute Gasteiger partial charge is 0.369 e. The summed E-state index contributed by atoms with van der Waals surface area (Å²) in [6.07, 6.45) is 2.88. The summed E-state index contributed by atoms with van der Waals surface area (Å²) in [7, 11) is 0. The molecule has 1 aromatic carbocycles. The predicted octanol–water partition coefficient (Wildman–Crippen LogP) is 3.07. The van der Waals surface area contributed by atoms with Gasteiger partial charge in [0, 0.05) is 80.8 Å². The molecule has 2 saturated heterocycles. The number of fused-ring (bicyclic) bond motifs is 1. The van der Waals surface area contributed by atoms with Crippen LogP contribution in [0, 0.1) is 5.92 Å². The first-order valence-corrected chi connectivity index (χ1v) is 11.9. The van der Waals surface area contributed by atoms with Crippen molar-refractivity contribution in [1.29, 1.82) is 0 Å². The van der Waals surface area contributed by atoms with Crippen LogP contribution in [0.15, 0.2) is 36.5 Å². The van der Waals surface area contributed by atoms with Gasteiger partial charge in [0.2, 0.25) is 5.91 Å². The van der Waals surface area contributed by atoms with Crippen LogP contribution in [0.3, 0.4) is 0 Å². The van der Waals surface area contributed by atoms with Crippen molar-refractivity contribution < 1.29 is 4.79 Å². The lowest BCUT2D eigenvalue weighted by Gasteiger charge is -2.45. The lowest BCUT2D eigenvalue weighted by Crippen LogP contribution is -2.50. The van der Waals surface area contributed by atoms with Crippen LogP contribution in [0.5, 0.6) is 0 Å². The van der Waals surface area contributed by atoms with Gasteiger partial charge in [0.1, 0.15) is 5.82 Å². The highest BCUT2D eigenvalue weighted by Crippen LogP contribution is 2.44. The summed E-state index contributed by atoms with van der Waals surface area (Å²) >= 11 is 0. The molecule has 3 N–H and O–H groups in total. The quantitative estimate of drug-likeness (QED) is 0.628. The maximum absolute atomic E-state index is 12.7. The van der Waals surface area contributed by atoms with Gasteiger partial charge in [0.15, 0.2) is 0 Å². The van der Waals surface area contributed by atoms with Crippen molar-refractivity contribution in [3.05, 3.63) is 47.7 Å². The third kappa shape index (κ3) is 3.95. The molecular weight excluding hydrogens is 400 g/mol. The van der Waals surface area contributed by atoms with Gasteiger partial charge in [0.05, 0.1) is 6.04 Å². The van der Waals surface area contributed by atoms with Crippen LogP contribution in [-0.2, 0) is 4.79 Å². The number of aromatic nitrogens is 1. The number of nitrogens with zero attached hydrogens (tertiary/aromatic N) is 3. The van der Waals surface area contributed by atoms with E-state index in [9.17, 15) is 4.79 Å². The first-order chi connectivity index (χ1) is 15.6. The Morgan fingerprint density at radius 2 is 2.00 bits per heavy atom. The molecule has 2 fully saturated rings. The van der Waals surface area contributed by atoms with Gasteiger partial charge in [-0.2, -0.15) is 0 Å². The van der Waals surface area contributed by atoms with Gasteiger partial charge in [0.25, 0.3) is 0 Å². The highest BCUT2D eigenvalue weighted by molar-refractivity contribution is 5.94. The molecule has 0 aliphatic carbocycles. The summed E-state index contributed by atoms with van der Waals surface area (Å²) in [5.41, 5.74) is 4.68. The van der Waals surface area contributed by atoms with E-state index in [0.29, 0.717) is 6.04 Å². The standard InChI is InChI=1S/C25H34N6O/c1-4-22-16(2)25(29-24-8-5-18(14-28-24)21-15-27-21)20-13-19(30-11-9-26-10-12-30)6-7-23(20)31(22)17(3)32/h5-8,13-14,16,21-22,25-27H,4,9-12,15H2,1-3H3,(H,28,29)/t16-,21?,22-,25+/m0/s1. The number of carbonyl (C=O) groups excluding carboxylic acids is 1. The molecule has 5 rings (SSSR count). The van der Waals surface area contributed by atoms with E-state index in [-0.39, 0.29) is 23.9 Å². The summed E-state index contributed by atoms with van der Waals surface area (Å²) < 4.78 is 0. The van der Waals surface area contributed by atoms with E-state index in [1.165, 1.54) is 16.8 Å². The molecule has 3 aliphatic heterocycles. The fourth-order valence-corrected chi connectivity index (χ4v) is 5.37. The normalized spacial score (nSPS) is 27.1. The number of pyridine rings is 1. The molecule has 2 aromatic rings. The summed E-state index contributed by atoms with van der Waals surface area (Å²) in [4.78, 5) is 21.8. The second kappa shape index (κ2) is 8.71. The van der Waals surface area contributed by atoms with E-state index in [1.54, 1.807) is 6.92 Å². The van der Waals surface area contributed by atoms with Crippen LogP contribution in [0.2, 0.25) is 0 Å². The smallest absolute Gasteiger partial charge is 0.224 e. The van der Waals surface area contributed by atoms with Crippen molar-refractivity contribution in [2.45, 2.75) is 45.3 Å². The van der Waals surface area contributed by atoms with Crippen molar-refractivity contribution >= 4 is 23.1 Å². The second-order valence-electron chi connectivity index (χ2n) is 9.26. The van der Waals surface area contributed by atoms with E-state index >= 15 is 0 Å². The SMILES string of the molecule is CC[C@H]1[C@H](C)[C@@H](Nc2ccc(C3CN3)cn2)c2cc(N3CCNCC3)ccc2N1C(C)=O. The zero-order valence-electron chi connectivity index (χ0n) is 19.3. The van der Waals surface area contributed by atoms with E-state index in [2.05, 4.69) is 65.0 Å². The van der Waals surface area contributed by atoms with Gasteiger partial charge in [-0.1, -0.05) is 19.9 Å². The number of amides is 1. The monoisotopic (exact) mass is 434 g/mol. The molecule has 7 nitrogen and oxygen atoms in total. The Morgan fingerprint density at radius 3 is 2.62 bits per heavy atom. The number of carbonyl (C=O) groups is 1. The first-order valence-electron chi connectivity index (χ1n) is 11.9. The molecule has 0 bridgehead atoms. The minimum absolute atomic E-state index is 0.0887. The summed E-state index contributed by atoms with van der Waals surface area (Å²) in [5.74, 6) is 1.25. The average molecular weight is 435 g/mol. The zero-order chi connectivity index (χ0) is 22.2. The molecule has 0 saturated carbocycles. The number of nitrogens with one attached hydrogen (secondary N) is 3.